The molecule has 0 aliphatic carbocycles. The van der Waals surface area contributed by atoms with E-state index in [0.717, 1.165) is 11.8 Å². The summed E-state index contributed by atoms with van der Waals surface area (Å²) in [4.78, 5) is 12.4. The fourth-order valence-corrected chi connectivity index (χ4v) is 4.72. The Labute approximate surface area is 155 Å². The molecule has 2 rings (SSSR count). The van der Waals surface area contributed by atoms with Crippen LogP contribution >= 0.6 is 0 Å². The zero-order valence-corrected chi connectivity index (χ0v) is 16.6. The van der Waals surface area contributed by atoms with Gasteiger partial charge in [-0.25, -0.2) is 25.9 Å². The summed E-state index contributed by atoms with van der Waals surface area (Å²) in [5, 5.41) is 2.67. The second kappa shape index (κ2) is 8.47. The molecule has 1 fully saturated rings. The van der Waals surface area contributed by atoms with Crippen LogP contribution in [0.4, 0.5) is 0 Å². The van der Waals surface area contributed by atoms with Gasteiger partial charge in [0.25, 0.3) is 0 Å². The van der Waals surface area contributed by atoms with Gasteiger partial charge in [0.05, 0.1) is 17.1 Å². The Morgan fingerprint density at radius 1 is 1.15 bits per heavy atom. The average Bonchev–Trinajstić information content (AvgIpc) is 2.58. The van der Waals surface area contributed by atoms with Crippen molar-refractivity contribution >= 4 is 26.0 Å². The van der Waals surface area contributed by atoms with Crippen molar-refractivity contribution in [3.05, 3.63) is 29.8 Å². The van der Waals surface area contributed by atoms with Crippen molar-refractivity contribution in [1.82, 2.24) is 14.3 Å². The highest BCUT2D eigenvalue weighted by atomic mass is 32.2. The van der Waals surface area contributed by atoms with E-state index in [4.69, 9.17) is 0 Å². The quantitative estimate of drug-likeness (QED) is 0.625. The monoisotopic (exact) mass is 403 g/mol. The first-order valence-electron chi connectivity index (χ1n) is 8.39. The van der Waals surface area contributed by atoms with Crippen molar-refractivity contribution in [3.63, 3.8) is 0 Å². The standard InChI is InChI=1S/C16H25N3O5S2/c1-13-5-7-15(8-6-13)26(23,24)18-10-9-17-16(20)14-4-3-11-19(12-14)25(2,21)22/h5-8,14,18H,3-4,9-12H2,1-2H3,(H,17,20)/t14-/m1/s1. The maximum Gasteiger partial charge on any atom is 0.240 e. The molecule has 8 nitrogen and oxygen atoms in total. The minimum absolute atomic E-state index is 0.0600. The van der Waals surface area contributed by atoms with Crippen LogP contribution in [0.1, 0.15) is 18.4 Å². The second-order valence-electron chi connectivity index (χ2n) is 6.46. The molecule has 0 saturated carbocycles. The van der Waals surface area contributed by atoms with E-state index in [1.807, 2.05) is 6.92 Å². The van der Waals surface area contributed by atoms with Crippen molar-refractivity contribution in [3.8, 4) is 0 Å². The summed E-state index contributed by atoms with van der Waals surface area (Å²) in [5.41, 5.74) is 0.965. The number of sulfonamides is 2. The van der Waals surface area contributed by atoms with E-state index in [0.29, 0.717) is 19.4 Å². The average molecular weight is 404 g/mol. The number of nitrogens with one attached hydrogen (secondary N) is 2. The first-order valence-corrected chi connectivity index (χ1v) is 11.7. The number of carbonyl (C=O) groups excluding carboxylic acids is 1. The molecule has 0 radical (unpaired) electrons. The fourth-order valence-electron chi connectivity index (χ4n) is 2.77. The number of carbonyl (C=O) groups is 1. The van der Waals surface area contributed by atoms with Crippen LogP contribution < -0.4 is 10.0 Å². The van der Waals surface area contributed by atoms with E-state index in [2.05, 4.69) is 10.0 Å². The van der Waals surface area contributed by atoms with Crippen LogP contribution in [0.3, 0.4) is 0 Å². The molecule has 146 valence electrons. The zero-order valence-electron chi connectivity index (χ0n) is 14.9. The first-order chi connectivity index (χ1) is 12.1. The fraction of sp³-hybridized carbons (Fsp3) is 0.562. The molecule has 1 aromatic rings. The molecule has 0 bridgehead atoms. The van der Waals surface area contributed by atoms with Gasteiger partial charge in [0.15, 0.2) is 0 Å². The largest absolute Gasteiger partial charge is 0.355 e. The highest BCUT2D eigenvalue weighted by molar-refractivity contribution is 7.89. The molecule has 0 aromatic heterocycles. The summed E-state index contributed by atoms with van der Waals surface area (Å²) in [6, 6.07) is 6.48. The molecule has 1 saturated heterocycles. The number of nitrogens with zero attached hydrogens (tertiary/aromatic N) is 1. The Balaban J connectivity index is 1.80. The van der Waals surface area contributed by atoms with Gasteiger partial charge in [-0.2, -0.15) is 0 Å². The lowest BCUT2D eigenvalue weighted by Gasteiger charge is -2.30. The molecular weight excluding hydrogens is 378 g/mol. The van der Waals surface area contributed by atoms with Gasteiger partial charge in [-0.05, 0) is 31.9 Å². The molecule has 1 heterocycles. The molecule has 1 aliphatic heterocycles. The maximum atomic E-state index is 12.2. The molecule has 0 spiro atoms. The third kappa shape index (κ3) is 5.76. The van der Waals surface area contributed by atoms with Gasteiger partial charge in [0.2, 0.25) is 26.0 Å². The lowest BCUT2D eigenvalue weighted by atomic mass is 9.99. The Morgan fingerprint density at radius 3 is 2.42 bits per heavy atom. The summed E-state index contributed by atoms with van der Waals surface area (Å²) in [5.74, 6) is -0.667. The number of aryl methyl sites for hydroxylation is 1. The van der Waals surface area contributed by atoms with Gasteiger partial charge in [-0.3, -0.25) is 4.79 Å². The molecule has 1 aliphatic rings. The summed E-state index contributed by atoms with van der Waals surface area (Å²) in [6.45, 7) is 2.66. The molecule has 10 heteroatoms. The van der Waals surface area contributed by atoms with Crippen LogP contribution in [0.2, 0.25) is 0 Å². The molecule has 2 N–H and O–H groups in total. The molecule has 0 unspecified atom stereocenters. The molecule has 1 amide bonds. The van der Waals surface area contributed by atoms with Gasteiger partial charge in [0, 0.05) is 26.2 Å². The van der Waals surface area contributed by atoms with Gasteiger partial charge in [0.1, 0.15) is 0 Å². The van der Waals surface area contributed by atoms with E-state index in [1.165, 1.54) is 16.4 Å². The lowest BCUT2D eigenvalue weighted by molar-refractivity contribution is -0.126. The number of hydrogen-bond donors (Lipinski definition) is 2. The van der Waals surface area contributed by atoms with Crippen molar-refractivity contribution in [2.24, 2.45) is 5.92 Å². The summed E-state index contributed by atoms with van der Waals surface area (Å²) >= 11 is 0. The topological polar surface area (TPSA) is 113 Å². The SMILES string of the molecule is Cc1ccc(S(=O)(=O)NCCNC(=O)[C@@H]2CCCN(S(C)(=O)=O)C2)cc1. The summed E-state index contributed by atoms with van der Waals surface area (Å²) in [6.07, 6.45) is 2.38. The van der Waals surface area contributed by atoms with Crippen LogP contribution in [0.5, 0.6) is 0 Å². The summed E-state index contributed by atoms with van der Waals surface area (Å²) < 4.78 is 51.2. The van der Waals surface area contributed by atoms with Crippen LogP contribution in [0.25, 0.3) is 0 Å². The highest BCUT2D eigenvalue weighted by Gasteiger charge is 2.29. The number of hydrogen-bond acceptors (Lipinski definition) is 5. The van der Waals surface area contributed by atoms with E-state index < -0.39 is 26.0 Å². The van der Waals surface area contributed by atoms with Gasteiger partial charge in [-0.15, -0.1) is 0 Å². The van der Waals surface area contributed by atoms with Gasteiger partial charge in [-0.1, -0.05) is 17.7 Å². The van der Waals surface area contributed by atoms with Crippen LogP contribution in [-0.4, -0.2) is 59.5 Å². The van der Waals surface area contributed by atoms with Crippen molar-refractivity contribution < 1.29 is 21.6 Å². The summed E-state index contributed by atoms with van der Waals surface area (Å²) in [7, 11) is -6.93. The van der Waals surface area contributed by atoms with Gasteiger partial charge >= 0.3 is 0 Å². The van der Waals surface area contributed by atoms with Crippen molar-refractivity contribution in [1.29, 1.82) is 0 Å². The predicted molar refractivity (Wildman–Crippen MR) is 98.5 cm³/mol. The highest BCUT2D eigenvalue weighted by Crippen LogP contribution is 2.18. The Hall–Kier alpha value is -1.49. The molecule has 1 aromatic carbocycles. The molecule has 26 heavy (non-hydrogen) atoms. The first kappa shape index (κ1) is 20.8. The third-order valence-electron chi connectivity index (χ3n) is 4.27. The van der Waals surface area contributed by atoms with Crippen LogP contribution in [-0.2, 0) is 24.8 Å². The number of rotatable bonds is 7. The Kier molecular flexibility index (Phi) is 6.78. The predicted octanol–water partition coefficient (Wildman–Crippen LogP) is 0.0611. The Morgan fingerprint density at radius 2 is 1.81 bits per heavy atom. The zero-order chi connectivity index (χ0) is 19.4. The van der Waals surface area contributed by atoms with E-state index >= 15 is 0 Å². The van der Waals surface area contributed by atoms with Crippen LogP contribution in [0, 0.1) is 12.8 Å². The number of benzene rings is 1. The number of piperidine rings is 1. The lowest BCUT2D eigenvalue weighted by Crippen LogP contribution is -2.46. The van der Waals surface area contributed by atoms with Crippen LogP contribution in [0.15, 0.2) is 29.2 Å². The normalized spacial score (nSPS) is 19.2. The Bertz CT molecular complexity index is 835. The third-order valence-corrected chi connectivity index (χ3v) is 7.02. The maximum absolute atomic E-state index is 12.2. The molecular formula is C16H25N3O5S2. The van der Waals surface area contributed by atoms with Crippen molar-refractivity contribution in [2.75, 3.05) is 32.4 Å². The number of amides is 1. The molecule has 1 atom stereocenters. The minimum Gasteiger partial charge on any atom is -0.355 e. The second-order valence-corrected chi connectivity index (χ2v) is 10.2. The van der Waals surface area contributed by atoms with E-state index in [-0.39, 0.29) is 30.4 Å². The van der Waals surface area contributed by atoms with Crippen molar-refractivity contribution in [2.45, 2.75) is 24.7 Å². The van der Waals surface area contributed by atoms with E-state index in [1.54, 1.807) is 12.1 Å². The van der Waals surface area contributed by atoms with Gasteiger partial charge < -0.3 is 5.32 Å². The smallest absolute Gasteiger partial charge is 0.240 e. The van der Waals surface area contributed by atoms with E-state index in [9.17, 15) is 21.6 Å². The minimum atomic E-state index is -3.62.